The highest BCUT2D eigenvalue weighted by molar-refractivity contribution is 9.10. The van der Waals surface area contributed by atoms with Crippen molar-refractivity contribution in [1.82, 2.24) is 4.98 Å². The average Bonchev–Trinajstić information content (AvgIpc) is 2.19. The summed E-state index contributed by atoms with van der Waals surface area (Å²) >= 11 is 3.31. The molecule has 0 saturated heterocycles. The molecule has 0 aliphatic carbocycles. The zero-order chi connectivity index (χ0) is 12.1. The van der Waals surface area contributed by atoms with E-state index in [1.54, 1.807) is 6.20 Å². The summed E-state index contributed by atoms with van der Waals surface area (Å²) in [7, 11) is 0. The number of rotatable bonds is 3. The molecule has 0 aromatic carbocycles. The van der Waals surface area contributed by atoms with Crippen molar-refractivity contribution in [1.29, 1.82) is 0 Å². The van der Waals surface area contributed by atoms with Gasteiger partial charge in [0.15, 0.2) is 0 Å². The van der Waals surface area contributed by atoms with Crippen molar-refractivity contribution in [3.05, 3.63) is 22.3 Å². The fourth-order valence-electron chi connectivity index (χ4n) is 1.05. The summed E-state index contributed by atoms with van der Waals surface area (Å²) < 4.78 is 5.87. The molecular weight excluding hydrogens is 272 g/mol. The number of hydrogen-bond acceptors (Lipinski definition) is 3. The summed E-state index contributed by atoms with van der Waals surface area (Å²) in [6.07, 6.45) is 1.16. The first kappa shape index (κ1) is 13.0. The summed E-state index contributed by atoms with van der Waals surface area (Å²) in [5, 5.41) is 2.60. The van der Waals surface area contributed by atoms with Crippen molar-refractivity contribution < 1.29 is 9.53 Å². The van der Waals surface area contributed by atoms with Gasteiger partial charge < -0.3 is 4.74 Å². The van der Waals surface area contributed by atoms with Crippen molar-refractivity contribution in [3.8, 4) is 0 Å². The zero-order valence-corrected chi connectivity index (χ0v) is 11.2. The molecule has 0 fully saturated rings. The molecule has 0 saturated carbocycles. The minimum absolute atomic E-state index is 0.324. The maximum atomic E-state index is 11.4. The lowest BCUT2D eigenvalue weighted by Gasteiger charge is -2.09. The Morgan fingerprint density at radius 3 is 2.88 bits per heavy atom. The van der Waals surface area contributed by atoms with Crippen molar-refractivity contribution in [2.24, 2.45) is 5.92 Å². The maximum absolute atomic E-state index is 11.4. The number of aryl methyl sites for hydroxylation is 1. The molecule has 5 heteroatoms. The Labute approximate surface area is 104 Å². The zero-order valence-electron chi connectivity index (χ0n) is 9.58. The number of hydrogen-bond donors (Lipinski definition) is 1. The third-order valence-corrected chi connectivity index (χ3v) is 2.25. The quantitative estimate of drug-likeness (QED) is 0.927. The van der Waals surface area contributed by atoms with Gasteiger partial charge in [0.1, 0.15) is 5.82 Å². The van der Waals surface area contributed by atoms with Crippen LogP contribution < -0.4 is 5.32 Å². The van der Waals surface area contributed by atoms with Crippen LogP contribution in [0.5, 0.6) is 0 Å². The summed E-state index contributed by atoms with van der Waals surface area (Å²) in [5.74, 6) is 0.849. The Kier molecular flexibility index (Phi) is 4.73. The van der Waals surface area contributed by atoms with E-state index in [9.17, 15) is 4.79 Å². The van der Waals surface area contributed by atoms with Gasteiger partial charge in [-0.05, 0) is 40.4 Å². The van der Waals surface area contributed by atoms with Crippen LogP contribution in [0.25, 0.3) is 0 Å². The van der Waals surface area contributed by atoms with E-state index in [0.717, 1.165) is 10.0 Å². The van der Waals surface area contributed by atoms with Gasteiger partial charge in [-0.2, -0.15) is 0 Å². The van der Waals surface area contributed by atoms with Gasteiger partial charge in [-0.25, -0.2) is 9.78 Å². The highest BCUT2D eigenvalue weighted by Gasteiger charge is 2.07. The number of nitrogens with one attached hydrogen (secondary N) is 1. The minimum Gasteiger partial charge on any atom is -0.449 e. The molecule has 1 rings (SSSR count). The minimum atomic E-state index is -0.466. The Balaban J connectivity index is 2.56. The molecule has 1 aromatic rings. The summed E-state index contributed by atoms with van der Waals surface area (Å²) in [4.78, 5) is 15.5. The monoisotopic (exact) mass is 286 g/mol. The molecule has 0 aliphatic rings. The molecule has 0 radical (unpaired) electrons. The lowest BCUT2D eigenvalue weighted by Crippen LogP contribution is -2.17. The first-order valence-electron chi connectivity index (χ1n) is 5.05. The van der Waals surface area contributed by atoms with Gasteiger partial charge in [0.2, 0.25) is 0 Å². The second kappa shape index (κ2) is 5.84. The second-order valence-corrected chi connectivity index (χ2v) is 4.85. The van der Waals surface area contributed by atoms with Crippen LogP contribution in [0.3, 0.4) is 0 Å². The first-order valence-corrected chi connectivity index (χ1v) is 5.84. The molecule has 0 aliphatic heterocycles. The van der Waals surface area contributed by atoms with Gasteiger partial charge in [-0.15, -0.1) is 0 Å². The number of carbonyl (C=O) groups is 1. The Morgan fingerprint density at radius 1 is 1.62 bits per heavy atom. The van der Waals surface area contributed by atoms with Crippen LogP contribution >= 0.6 is 15.9 Å². The van der Waals surface area contributed by atoms with E-state index < -0.39 is 6.09 Å². The first-order chi connectivity index (χ1) is 7.49. The van der Waals surface area contributed by atoms with Crippen LogP contribution in [-0.4, -0.2) is 17.7 Å². The van der Waals surface area contributed by atoms with E-state index in [4.69, 9.17) is 4.74 Å². The summed E-state index contributed by atoms with van der Waals surface area (Å²) in [5.41, 5.74) is 0.885. The third-order valence-electron chi connectivity index (χ3n) is 1.81. The van der Waals surface area contributed by atoms with Gasteiger partial charge in [0, 0.05) is 10.7 Å². The highest BCUT2D eigenvalue weighted by Crippen LogP contribution is 2.16. The van der Waals surface area contributed by atoms with Gasteiger partial charge in [0.05, 0.1) is 6.61 Å². The van der Waals surface area contributed by atoms with Crippen LogP contribution in [0.1, 0.15) is 19.4 Å². The second-order valence-electron chi connectivity index (χ2n) is 3.94. The predicted octanol–water partition coefficient (Wildman–Crippen LogP) is 3.36. The topological polar surface area (TPSA) is 51.2 Å². The van der Waals surface area contributed by atoms with Gasteiger partial charge in [-0.1, -0.05) is 13.8 Å². The molecule has 16 heavy (non-hydrogen) atoms. The Morgan fingerprint density at radius 2 is 2.31 bits per heavy atom. The van der Waals surface area contributed by atoms with Gasteiger partial charge in [-0.3, -0.25) is 5.32 Å². The molecule has 0 spiro atoms. The molecule has 1 aromatic heterocycles. The molecule has 0 atom stereocenters. The number of pyridine rings is 1. The van der Waals surface area contributed by atoms with E-state index in [1.807, 2.05) is 26.8 Å². The number of halogens is 1. The normalized spacial score (nSPS) is 10.3. The molecule has 1 N–H and O–H groups in total. The van der Waals surface area contributed by atoms with Crippen LogP contribution in [0, 0.1) is 12.8 Å². The van der Waals surface area contributed by atoms with E-state index >= 15 is 0 Å². The summed E-state index contributed by atoms with van der Waals surface area (Å²) in [6, 6.07) is 1.88. The lowest BCUT2D eigenvalue weighted by atomic mass is 10.2. The Hall–Kier alpha value is -1.10. The fourth-order valence-corrected chi connectivity index (χ4v) is 1.49. The van der Waals surface area contributed by atoms with Crippen molar-refractivity contribution in [3.63, 3.8) is 0 Å². The lowest BCUT2D eigenvalue weighted by molar-refractivity contribution is 0.147. The van der Waals surface area contributed by atoms with Crippen LogP contribution in [-0.2, 0) is 4.74 Å². The number of aromatic nitrogens is 1. The molecule has 1 amide bonds. The number of ether oxygens (including phenoxy) is 1. The van der Waals surface area contributed by atoms with E-state index in [1.165, 1.54) is 0 Å². The SMILES string of the molecule is Cc1cc(Br)cnc1NC(=O)OCC(C)C. The predicted molar refractivity (Wildman–Crippen MR) is 66.5 cm³/mol. The van der Waals surface area contributed by atoms with Crippen LogP contribution in [0.15, 0.2) is 16.7 Å². The molecular formula is C11H15BrN2O2. The van der Waals surface area contributed by atoms with E-state index in [0.29, 0.717) is 18.3 Å². The number of amides is 1. The molecule has 0 bridgehead atoms. The number of carbonyl (C=O) groups excluding carboxylic acids is 1. The standard InChI is InChI=1S/C11H15BrN2O2/c1-7(2)6-16-11(15)14-10-8(3)4-9(12)5-13-10/h4-5,7H,6H2,1-3H3,(H,13,14,15). The van der Waals surface area contributed by atoms with Crippen molar-refractivity contribution in [2.75, 3.05) is 11.9 Å². The Bertz CT molecular complexity index is 380. The highest BCUT2D eigenvalue weighted by atomic mass is 79.9. The van der Waals surface area contributed by atoms with E-state index in [-0.39, 0.29) is 0 Å². The van der Waals surface area contributed by atoms with Gasteiger partial charge >= 0.3 is 6.09 Å². The fraction of sp³-hybridized carbons (Fsp3) is 0.455. The van der Waals surface area contributed by atoms with Gasteiger partial charge in [0.25, 0.3) is 0 Å². The average molecular weight is 287 g/mol. The molecule has 4 nitrogen and oxygen atoms in total. The van der Waals surface area contributed by atoms with Crippen LogP contribution in [0.2, 0.25) is 0 Å². The third kappa shape index (κ3) is 4.18. The van der Waals surface area contributed by atoms with Crippen molar-refractivity contribution in [2.45, 2.75) is 20.8 Å². The van der Waals surface area contributed by atoms with Crippen LogP contribution in [0.4, 0.5) is 10.6 Å². The summed E-state index contributed by atoms with van der Waals surface area (Å²) in [6.45, 7) is 6.24. The maximum Gasteiger partial charge on any atom is 0.412 e. The molecule has 1 heterocycles. The van der Waals surface area contributed by atoms with E-state index in [2.05, 4.69) is 26.2 Å². The molecule has 0 unspecified atom stereocenters. The molecule has 88 valence electrons. The number of nitrogens with zero attached hydrogens (tertiary/aromatic N) is 1. The number of anilines is 1. The largest absolute Gasteiger partial charge is 0.449 e. The smallest absolute Gasteiger partial charge is 0.412 e. The van der Waals surface area contributed by atoms with Crippen molar-refractivity contribution >= 4 is 27.8 Å².